The second-order valence-electron chi connectivity index (χ2n) is 6.85. The van der Waals surface area contributed by atoms with Crippen LogP contribution >= 0.6 is 0 Å². The molecule has 0 spiro atoms. The van der Waals surface area contributed by atoms with E-state index in [1.165, 1.54) is 0 Å². The van der Waals surface area contributed by atoms with Crippen LogP contribution in [0, 0.1) is 0 Å². The lowest BCUT2D eigenvalue weighted by molar-refractivity contribution is 0.101. The monoisotopic (exact) mass is 311 g/mol. The number of sulfonamides is 1. The van der Waals surface area contributed by atoms with Gasteiger partial charge in [-0.1, -0.05) is 45.7 Å². The van der Waals surface area contributed by atoms with Crippen molar-refractivity contribution in [1.82, 2.24) is 4.72 Å². The average Bonchev–Trinajstić information content (AvgIpc) is 2.40. The Labute approximate surface area is 127 Å². The summed E-state index contributed by atoms with van der Waals surface area (Å²) in [4.78, 5) is 0.258. The fraction of sp³-hybridized carbons (Fsp3) is 0.625. The molecular formula is C16H25NO3S. The van der Waals surface area contributed by atoms with Crippen LogP contribution in [0.15, 0.2) is 29.2 Å². The Balaban J connectivity index is 2.16. The van der Waals surface area contributed by atoms with Crippen molar-refractivity contribution in [3.63, 3.8) is 0 Å². The molecule has 0 bridgehead atoms. The highest BCUT2D eigenvalue weighted by Crippen LogP contribution is 2.24. The molecule has 2 rings (SSSR count). The molecule has 0 unspecified atom stereocenters. The van der Waals surface area contributed by atoms with Crippen molar-refractivity contribution in [1.29, 1.82) is 0 Å². The summed E-state index contributed by atoms with van der Waals surface area (Å²) in [5.74, 6) is 0. The molecule has 2 N–H and O–H groups in total. The highest BCUT2D eigenvalue weighted by atomic mass is 32.2. The van der Waals surface area contributed by atoms with Crippen LogP contribution in [0.3, 0.4) is 0 Å². The fourth-order valence-corrected chi connectivity index (χ4v) is 3.95. The van der Waals surface area contributed by atoms with Gasteiger partial charge in [-0.15, -0.1) is 0 Å². The Morgan fingerprint density at radius 2 is 1.67 bits per heavy atom. The number of aliphatic hydroxyl groups excluding tert-OH is 1. The van der Waals surface area contributed by atoms with Crippen molar-refractivity contribution in [2.24, 2.45) is 0 Å². The smallest absolute Gasteiger partial charge is 0.240 e. The molecular weight excluding hydrogens is 286 g/mol. The van der Waals surface area contributed by atoms with Gasteiger partial charge in [-0.05, 0) is 36.0 Å². The molecule has 5 heteroatoms. The second-order valence-corrected chi connectivity index (χ2v) is 8.57. The summed E-state index contributed by atoms with van der Waals surface area (Å²) in [6.07, 6.45) is 2.69. The third-order valence-electron chi connectivity index (χ3n) is 4.07. The van der Waals surface area contributed by atoms with Gasteiger partial charge in [-0.3, -0.25) is 0 Å². The topological polar surface area (TPSA) is 66.4 Å². The van der Waals surface area contributed by atoms with Gasteiger partial charge in [0.15, 0.2) is 0 Å². The first kappa shape index (κ1) is 16.5. The maximum atomic E-state index is 12.4. The van der Waals surface area contributed by atoms with Crippen LogP contribution in [0.4, 0.5) is 0 Å². The Bertz CT molecular complexity index is 573. The standard InChI is InChI=1S/C16H25NO3S/c1-16(2,3)12-8-10-13(11-9-12)21(19,20)17-14-6-4-5-7-15(14)18/h8-11,14-15,17-18H,4-7H2,1-3H3/t14-,15-/m1/s1. The molecule has 0 saturated heterocycles. The molecule has 0 aliphatic heterocycles. The molecule has 21 heavy (non-hydrogen) atoms. The zero-order valence-corrected chi connectivity index (χ0v) is 13.8. The molecule has 118 valence electrons. The molecule has 0 aromatic heterocycles. The first-order chi connectivity index (χ1) is 9.70. The van der Waals surface area contributed by atoms with Gasteiger partial charge in [0, 0.05) is 6.04 Å². The zero-order chi connectivity index (χ0) is 15.7. The van der Waals surface area contributed by atoms with Gasteiger partial charge in [0.2, 0.25) is 10.0 Å². The van der Waals surface area contributed by atoms with E-state index in [0.717, 1.165) is 18.4 Å². The maximum Gasteiger partial charge on any atom is 0.240 e. The Morgan fingerprint density at radius 1 is 1.10 bits per heavy atom. The van der Waals surface area contributed by atoms with Gasteiger partial charge in [0.25, 0.3) is 0 Å². The number of hydrogen-bond donors (Lipinski definition) is 2. The van der Waals surface area contributed by atoms with Gasteiger partial charge in [0.05, 0.1) is 11.0 Å². The van der Waals surface area contributed by atoms with Crippen molar-refractivity contribution in [2.45, 2.75) is 68.9 Å². The van der Waals surface area contributed by atoms with E-state index in [4.69, 9.17) is 0 Å². The Morgan fingerprint density at radius 3 is 2.19 bits per heavy atom. The average molecular weight is 311 g/mol. The van der Waals surface area contributed by atoms with E-state index >= 15 is 0 Å². The number of hydrogen-bond acceptors (Lipinski definition) is 3. The van der Waals surface area contributed by atoms with Gasteiger partial charge >= 0.3 is 0 Å². The molecule has 1 aliphatic carbocycles. The molecule has 1 aliphatic rings. The molecule has 1 aromatic carbocycles. The summed E-state index contributed by atoms with van der Waals surface area (Å²) in [6, 6.07) is 6.61. The largest absolute Gasteiger partial charge is 0.391 e. The van der Waals surface area contributed by atoms with E-state index in [1.54, 1.807) is 12.1 Å². The lowest BCUT2D eigenvalue weighted by atomic mass is 9.87. The SMILES string of the molecule is CC(C)(C)c1ccc(S(=O)(=O)N[C@@H]2CCCC[C@H]2O)cc1. The summed E-state index contributed by atoms with van der Waals surface area (Å²) < 4.78 is 27.4. The summed E-state index contributed by atoms with van der Waals surface area (Å²) in [5, 5.41) is 9.90. The van der Waals surface area contributed by atoms with Gasteiger partial charge in [-0.25, -0.2) is 13.1 Å². The maximum absolute atomic E-state index is 12.4. The summed E-state index contributed by atoms with van der Waals surface area (Å²) in [6.45, 7) is 6.27. The van der Waals surface area contributed by atoms with E-state index in [-0.39, 0.29) is 16.4 Å². The number of nitrogens with one attached hydrogen (secondary N) is 1. The predicted octanol–water partition coefficient (Wildman–Crippen LogP) is 2.57. The molecule has 0 amide bonds. The van der Waals surface area contributed by atoms with Crippen molar-refractivity contribution >= 4 is 10.0 Å². The van der Waals surface area contributed by atoms with E-state index in [1.807, 2.05) is 12.1 Å². The van der Waals surface area contributed by atoms with Gasteiger partial charge < -0.3 is 5.11 Å². The number of rotatable bonds is 3. The highest BCUT2D eigenvalue weighted by Gasteiger charge is 2.28. The highest BCUT2D eigenvalue weighted by molar-refractivity contribution is 7.89. The van der Waals surface area contributed by atoms with Crippen molar-refractivity contribution in [3.8, 4) is 0 Å². The minimum Gasteiger partial charge on any atom is -0.391 e. The number of benzene rings is 1. The lowest BCUT2D eigenvalue weighted by Gasteiger charge is -2.28. The van der Waals surface area contributed by atoms with E-state index in [0.29, 0.717) is 12.8 Å². The lowest BCUT2D eigenvalue weighted by Crippen LogP contribution is -2.44. The third-order valence-corrected chi connectivity index (χ3v) is 5.57. The van der Waals surface area contributed by atoms with Crippen LogP contribution in [-0.2, 0) is 15.4 Å². The summed E-state index contributed by atoms with van der Waals surface area (Å²) >= 11 is 0. The molecule has 1 saturated carbocycles. The number of aliphatic hydroxyl groups is 1. The van der Waals surface area contributed by atoms with Crippen LogP contribution in [0.5, 0.6) is 0 Å². The predicted molar refractivity (Wildman–Crippen MR) is 83.7 cm³/mol. The van der Waals surface area contributed by atoms with Gasteiger partial charge in [0.1, 0.15) is 0 Å². The Hall–Kier alpha value is -0.910. The van der Waals surface area contributed by atoms with E-state index in [2.05, 4.69) is 25.5 Å². The Kier molecular flexibility index (Phi) is 4.76. The first-order valence-electron chi connectivity index (χ1n) is 7.51. The normalized spacial score (nSPS) is 24.0. The van der Waals surface area contributed by atoms with Crippen LogP contribution in [0.2, 0.25) is 0 Å². The summed E-state index contributed by atoms with van der Waals surface area (Å²) in [7, 11) is -3.57. The molecule has 4 nitrogen and oxygen atoms in total. The molecule has 1 fully saturated rings. The quantitative estimate of drug-likeness (QED) is 0.901. The summed E-state index contributed by atoms with van der Waals surface area (Å²) in [5.41, 5.74) is 1.09. The van der Waals surface area contributed by atoms with Crippen LogP contribution < -0.4 is 4.72 Å². The first-order valence-corrected chi connectivity index (χ1v) is 8.99. The van der Waals surface area contributed by atoms with Crippen LogP contribution in [0.1, 0.15) is 52.0 Å². The molecule has 0 radical (unpaired) electrons. The van der Waals surface area contributed by atoms with E-state index in [9.17, 15) is 13.5 Å². The molecule has 0 heterocycles. The van der Waals surface area contributed by atoms with Crippen molar-refractivity contribution < 1.29 is 13.5 Å². The van der Waals surface area contributed by atoms with Crippen molar-refractivity contribution in [3.05, 3.63) is 29.8 Å². The molecule has 2 atom stereocenters. The molecule has 1 aromatic rings. The van der Waals surface area contributed by atoms with Crippen molar-refractivity contribution in [2.75, 3.05) is 0 Å². The van der Waals surface area contributed by atoms with Crippen LogP contribution in [0.25, 0.3) is 0 Å². The second kappa shape index (κ2) is 6.07. The minimum atomic E-state index is -3.57. The van der Waals surface area contributed by atoms with E-state index < -0.39 is 16.1 Å². The van der Waals surface area contributed by atoms with Gasteiger partial charge in [-0.2, -0.15) is 0 Å². The fourth-order valence-electron chi connectivity index (χ4n) is 2.65. The van der Waals surface area contributed by atoms with Crippen LogP contribution in [-0.4, -0.2) is 25.7 Å². The minimum absolute atomic E-state index is 0.00468. The zero-order valence-electron chi connectivity index (χ0n) is 13.0. The third kappa shape index (κ3) is 4.05.